The van der Waals surface area contributed by atoms with Crippen LogP contribution in [0.5, 0.6) is 0 Å². The number of alkyl halides is 1. The van der Waals surface area contributed by atoms with Gasteiger partial charge < -0.3 is 5.11 Å². The lowest BCUT2D eigenvalue weighted by Crippen LogP contribution is -2.00. The van der Waals surface area contributed by atoms with Crippen molar-refractivity contribution in [3.63, 3.8) is 0 Å². The van der Waals surface area contributed by atoms with E-state index in [9.17, 15) is 4.79 Å². The molecule has 0 unspecified atom stereocenters. The minimum Gasteiger partial charge on any atom is -0.478 e. The van der Waals surface area contributed by atoms with Gasteiger partial charge in [-0.25, -0.2) is 4.79 Å². The van der Waals surface area contributed by atoms with E-state index in [-0.39, 0.29) is 0 Å². The zero-order valence-electron chi connectivity index (χ0n) is 8.09. The maximum atomic E-state index is 10.7. The van der Waals surface area contributed by atoms with Gasteiger partial charge in [-0.2, -0.15) is 0 Å². The van der Waals surface area contributed by atoms with Crippen molar-refractivity contribution in [2.45, 2.75) is 19.8 Å². The van der Waals surface area contributed by atoms with Gasteiger partial charge in [0.05, 0.1) is 5.56 Å². The molecule has 0 bridgehead atoms. The smallest absolute Gasteiger partial charge is 0.335 e. The second-order valence-electron chi connectivity index (χ2n) is 3.25. The Labute approximate surface area is 88.5 Å². The fraction of sp³-hybridized carbons (Fsp3) is 0.364. The SMILES string of the molecule is Cc1cc(CCCCl)ccc1C(=O)O. The third-order valence-corrected chi connectivity index (χ3v) is 2.39. The molecule has 0 spiro atoms. The molecule has 76 valence electrons. The average Bonchev–Trinajstić information content (AvgIpc) is 2.14. The zero-order chi connectivity index (χ0) is 10.6. The van der Waals surface area contributed by atoms with Crippen molar-refractivity contribution in [2.75, 3.05) is 5.88 Å². The Morgan fingerprint density at radius 3 is 2.71 bits per heavy atom. The summed E-state index contributed by atoms with van der Waals surface area (Å²) in [6.07, 6.45) is 1.83. The van der Waals surface area contributed by atoms with Gasteiger partial charge in [-0.15, -0.1) is 11.6 Å². The number of halogens is 1. The molecule has 0 aliphatic rings. The monoisotopic (exact) mass is 212 g/mol. The Bertz CT molecular complexity index is 334. The number of carbonyl (C=O) groups is 1. The molecule has 0 aromatic heterocycles. The van der Waals surface area contributed by atoms with Crippen molar-refractivity contribution in [2.24, 2.45) is 0 Å². The van der Waals surface area contributed by atoms with E-state index in [4.69, 9.17) is 16.7 Å². The Morgan fingerprint density at radius 2 is 2.21 bits per heavy atom. The van der Waals surface area contributed by atoms with Gasteiger partial charge in [0.25, 0.3) is 0 Å². The summed E-state index contributed by atoms with van der Waals surface area (Å²) in [4.78, 5) is 10.7. The van der Waals surface area contributed by atoms with E-state index in [2.05, 4.69) is 0 Å². The highest BCUT2D eigenvalue weighted by Gasteiger charge is 2.06. The van der Waals surface area contributed by atoms with Crippen LogP contribution in [-0.4, -0.2) is 17.0 Å². The van der Waals surface area contributed by atoms with E-state index >= 15 is 0 Å². The summed E-state index contributed by atoms with van der Waals surface area (Å²) in [5.41, 5.74) is 2.33. The first-order chi connectivity index (χ1) is 6.65. The summed E-state index contributed by atoms with van der Waals surface area (Å²) in [6.45, 7) is 1.81. The van der Waals surface area contributed by atoms with E-state index in [1.54, 1.807) is 6.07 Å². The fourth-order valence-corrected chi connectivity index (χ4v) is 1.53. The Hall–Kier alpha value is -1.02. The van der Waals surface area contributed by atoms with Crippen molar-refractivity contribution < 1.29 is 9.90 Å². The molecule has 0 atom stereocenters. The van der Waals surface area contributed by atoms with Gasteiger partial charge in [0.1, 0.15) is 0 Å². The lowest BCUT2D eigenvalue weighted by atomic mass is 10.0. The summed E-state index contributed by atoms with van der Waals surface area (Å²) < 4.78 is 0. The minimum atomic E-state index is -0.869. The molecule has 0 saturated carbocycles. The molecule has 1 aromatic carbocycles. The minimum absolute atomic E-state index is 0.375. The lowest BCUT2D eigenvalue weighted by molar-refractivity contribution is 0.0696. The fourth-order valence-electron chi connectivity index (χ4n) is 1.39. The normalized spacial score (nSPS) is 10.1. The second-order valence-corrected chi connectivity index (χ2v) is 3.62. The highest BCUT2D eigenvalue weighted by molar-refractivity contribution is 6.17. The Morgan fingerprint density at radius 1 is 1.50 bits per heavy atom. The van der Waals surface area contributed by atoms with Crippen molar-refractivity contribution in [3.8, 4) is 0 Å². The van der Waals surface area contributed by atoms with Crippen LogP contribution in [0.25, 0.3) is 0 Å². The topological polar surface area (TPSA) is 37.3 Å². The number of carboxylic acids is 1. The van der Waals surface area contributed by atoms with Gasteiger partial charge in [-0.05, 0) is 37.0 Å². The first-order valence-corrected chi connectivity index (χ1v) is 5.07. The predicted octanol–water partition coefficient (Wildman–Crippen LogP) is 2.86. The van der Waals surface area contributed by atoms with E-state index < -0.39 is 5.97 Å². The molecule has 0 aliphatic carbocycles. The van der Waals surface area contributed by atoms with Crippen LogP contribution in [0.4, 0.5) is 0 Å². The molecule has 1 rings (SSSR count). The van der Waals surface area contributed by atoms with Crippen molar-refractivity contribution in [3.05, 3.63) is 34.9 Å². The third-order valence-electron chi connectivity index (χ3n) is 2.12. The summed E-state index contributed by atoms with van der Waals surface area (Å²) >= 11 is 5.58. The van der Waals surface area contributed by atoms with E-state index in [1.807, 2.05) is 19.1 Å². The van der Waals surface area contributed by atoms with Crippen molar-refractivity contribution in [1.82, 2.24) is 0 Å². The highest BCUT2D eigenvalue weighted by Crippen LogP contribution is 2.12. The van der Waals surface area contributed by atoms with Gasteiger partial charge in [0.15, 0.2) is 0 Å². The summed E-state index contributed by atoms with van der Waals surface area (Å²) in [6, 6.07) is 5.42. The first-order valence-electron chi connectivity index (χ1n) is 4.54. The van der Waals surface area contributed by atoms with Gasteiger partial charge in [-0.3, -0.25) is 0 Å². The van der Waals surface area contributed by atoms with Crippen LogP contribution in [0.3, 0.4) is 0 Å². The molecular formula is C11H13ClO2. The van der Waals surface area contributed by atoms with Gasteiger partial charge in [-0.1, -0.05) is 12.1 Å². The Balaban J connectivity index is 2.83. The average molecular weight is 213 g/mol. The number of benzene rings is 1. The van der Waals surface area contributed by atoms with E-state index in [1.165, 1.54) is 0 Å². The first kappa shape index (κ1) is 11.1. The van der Waals surface area contributed by atoms with Crippen LogP contribution in [0.2, 0.25) is 0 Å². The third kappa shape index (κ3) is 2.74. The van der Waals surface area contributed by atoms with Crippen LogP contribution in [0.1, 0.15) is 27.9 Å². The van der Waals surface area contributed by atoms with Crippen LogP contribution in [-0.2, 0) is 6.42 Å². The molecule has 0 radical (unpaired) electrons. The number of rotatable bonds is 4. The molecule has 1 aromatic rings. The molecular weight excluding hydrogens is 200 g/mol. The maximum Gasteiger partial charge on any atom is 0.335 e. The number of aromatic carboxylic acids is 1. The Kier molecular flexibility index (Phi) is 3.96. The summed E-state index contributed by atoms with van der Waals surface area (Å²) in [7, 11) is 0. The highest BCUT2D eigenvalue weighted by atomic mass is 35.5. The van der Waals surface area contributed by atoms with Gasteiger partial charge in [0.2, 0.25) is 0 Å². The van der Waals surface area contributed by atoms with Crippen LogP contribution in [0.15, 0.2) is 18.2 Å². The molecule has 14 heavy (non-hydrogen) atoms. The molecule has 0 saturated heterocycles. The summed E-state index contributed by atoms with van der Waals surface area (Å²) in [5.74, 6) is -0.230. The number of aryl methyl sites for hydroxylation is 2. The van der Waals surface area contributed by atoms with Gasteiger partial charge in [0, 0.05) is 5.88 Å². The summed E-state index contributed by atoms with van der Waals surface area (Å²) in [5, 5.41) is 8.81. The molecule has 0 aliphatic heterocycles. The van der Waals surface area contributed by atoms with E-state index in [0.29, 0.717) is 11.4 Å². The molecule has 3 heteroatoms. The quantitative estimate of drug-likeness (QED) is 0.780. The zero-order valence-corrected chi connectivity index (χ0v) is 8.84. The van der Waals surface area contributed by atoms with Gasteiger partial charge >= 0.3 is 5.97 Å². The van der Waals surface area contributed by atoms with E-state index in [0.717, 1.165) is 24.0 Å². The molecule has 0 heterocycles. The lowest BCUT2D eigenvalue weighted by Gasteiger charge is -2.04. The van der Waals surface area contributed by atoms with Crippen LogP contribution < -0.4 is 0 Å². The van der Waals surface area contributed by atoms with Crippen LogP contribution >= 0.6 is 11.6 Å². The molecule has 0 amide bonds. The number of hydrogen-bond acceptors (Lipinski definition) is 1. The molecule has 0 fully saturated rings. The van der Waals surface area contributed by atoms with Crippen LogP contribution in [0, 0.1) is 6.92 Å². The predicted molar refractivity (Wildman–Crippen MR) is 57.2 cm³/mol. The number of hydrogen-bond donors (Lipinski definition) is 1. The maximum absolute atomic E-state index is 10.7. The largest absolute Gasteiger partial charge is 0.478 e. The standard InChI is InChI=1S/C11H13ClO2/c1-8-7-9(3-2-6-12)4-5-10(8)11(13)14/h4-5,7H,2-3,6H2,1H3,(H,13,14). The molecule has 2 nitrogen and oxygen atoms in total. The van der Waals surface area contributed by atoms with Crippen molar-refractivity contribution in [1.29, 1.82) is 0 Å². The number of carboxylic acid groups (broad SMARTS) is 1. The molecule has 1 N–H and O–H groups in total. The second kappa shape index (κ2) is 5.01. The van der Waals surface area contributed by atoms with Crippen molar-refractivity contribution >= 4 is 17.6 Å².